The summed E-state index contributed by atoms with van der Waals surface area (Å²) in [5.74, 6) is -0.604. The fourth-order valence-corrected chi connectivity index (χ4v) is 2.72. The fraction of sp³-hybridized carbons (Fsp3) is 0.133. The molecule has 1 fully saturated rings. The molecule has 2 aromatic rings. The second-order valence-corrected chi connectivity index (χ2v) is 5.81. The average Bonchev–Trinajstić information content (AvgIpc) is 2.95. The Morgan fingerprint density at radius 2 is 2.04 bits per heavy atom. The minimum Gasteiger partial charge on any atom is -0.328 e. The molecular formula is C15H12ClFN4OS. The highest BCUT2D eigenvalue weighted by Gasteiger charge is 2.22. The lowest BCUT2D eigenvalue weighted by Gasteiger charge is -2.03. The van der Waals surface area contributed by atoms with Crippen LogP contribution in [0.25, 0.3) is 6.08 Å². The summed E-state index contributed by atoms with van der Waals surface area (Å²) in [6.07, 6.45) is 1.61. The van der Waals surface area contributed by atoms with E-state index in [1.54, 1.807) is 29.8 Å². The van der Waals surface area contributed by atoms with Crippen LogP contribution in [0.3, 0.4) is 0 Å². The SMILES string of the molecule is Cc1nn(Cc2ccc(F)cc2)c(Cl)c1/C=C1\NC(=S)NC1=O. The predicted octanol–water partition coefficient (Wildman–Crippen LogP) is 2.38. The maximum Gasteiger partial charge on any atom is 0.273 e. The smallest absolute Gasteiger partial charge is 0.273 e. The number of hydrogen-bond donors (Lipinski definition) is 2. The molecule has 1 aromatic heterocycles. The van der Waals surface area contributed by atoms with Crippen LogP contribution in [0.15, 0.2) is 30.0 Å². The monoisotopic (exact) mass is 350 g/mol. The first-order valence-corrected chi connectivity index (χ1v) is 7.54. The van der Waals surface area contributed by atoms with Crippen LogP contribution < -0.4 is 10.6 Å². The van der Waals surface area contributed by atoms with Crippen LogP contribution in [-0.4, -0.2) is 20.8 Å². The first-order valence-electron chi connectivity index (χ1n) is 6.75. The standard InChI is InChI=1S/C15H12ClFN4OS/c1-8-11(6-12-14(22)19-15(23)18-12)13(16)21(20-8)7-9-2-4-10(17)5-3-9/h2-6H,7H2,1H3,(H2,18,19,22,23)/b12-6-. The predicted molar refractivity (Wildman–Crippen MR) is 89.3 cm³/mol. The Bertz CT molecular complexity index is 829. The van der Waals surface area contributed by atoms with Gasteiger partial charge in [0.05, 0.1) is 12.2 Å². The molecule has 8 heteroatoms. The van der Waals surface area contributed by atoms with Crippen molar-refractivity contribution in [2.45, 2.75) is 13.5 Å². The fourth-order valence-electron chi connectivity index (χ4n) is 2.23. The minimum atomic E-state index is -0.309. The average molecular weight is 351 g/mol. The van der Waals surface area contributed by atoms with Gasteiger partial charge in [0.1, 0.15) is 16.7 Å². The lowest BCUT2D eigenvalue weighted by molar-refractivity contribution is -0.115. The van der Waals surface area contributed by atoms with Crippen LogP contribution in [0.2, 0.25) is 5.15 Å². The number of rotatable bonds is 3. The van der Waals surface area contributed by atoms with Crippen molar-refractivity contribution >= 4 is 40.9 Å². The summed E-state index contributed by atoms with van der Waals surface area (Å²) in [5.41, 5.74) is 2.50. The molecule has 1 aliphatic rings. The van der Waals surface area contributed by atoms with Gasteiger partial charge >= 0.3 is 0 Å². The zero-order valence-corrected chi connectivity index (χ0v) is 13.6. The number of hydrogen-bond acceptors (Lipinski definition) is 3. The first-order chi connectivity index (χ1) is 10.9. The summed E-state index contributed by atoms with van der Waals surface area (Å²) < 4.78 is 14.6. The number of carbonyl (C=O) groups is 1. The molecule has 118 valence electrons. The van der Waals surface area contributed by atoms with Gasteiger partial charge in [0.15, 0.2) is 5.11 Å². The van der Waals surface area contributed by atoms with Crippen molar-refractivity contribution in [3.63, 3.8) is 0 Å². The lowest BCUT2D eigenvalue weighted by atomic mass is 10.2. The van der Waals surface area contributed by atoms with Gasteiger partial charge in [-0.05, 0) is 42.9 Å². The number of aryl methyl sites for hydroxylation is 1. The summed E-state index contributed by atoms with van der Waals surface area (Å²) in [4.78, 5) is 11.7. The van der Waals surface area contributed by atoms with Crippen LogP contribution >= 0.6 is 23.8 Å². The van der Waals surface area contributed by atoms with E-state index in [2.05, 4.69) is 15.7 Å². The van der Waals surface area contributed by atoms with E-state index in [0.717, 1.165) is 5.56 Å². The zero-order chi connectivity index (χ0) is 16.6. The molecule has 0 saturated carbocycles. The molecule has 0 bridgehead atoms. The normalized spacial score (nSPS) is 15.9. The van der Waals surface area contributed by atoms with Gasteiger partial charge in [-0.1, -0.05) is 23.7 Å². The highest BCUT2D eigenvalue weighted by atomic mass is 35.5. The Hall–Kier alpha value is -2.25. The van der Waals surface area contributed by atoms with E-state index < -0.39 is 0 Å². The lowest BCUT2D eigenvalue weighted by Crippen LogP contribution is -2.21. The van der Waals surface area contributed by atoms with Gasteiger partial charge in [-0.3, -0.25) is 10.1 Å². The molecule has 5 nitrogen and oxygen atoms in total. The summed E-state index contributed by atoms with van der Waals surface area (Å²) in [7, 11) is 0. The highest BCUT2D eigenvalue weighted by Crippen LogP contribution is 2.24. The van der Waals surface area contributed by atoms with Crippen molar-refractivity contribution in [2.75, 3.05) is 0 Å². The van der Waals surface area contributed by atoms with Crippen LogP contribution in [0.4, 0.5) is 4.39 Å². The molecule has 0 unspecified atom stereocenters. The molecule has 1 saturated heterocycles. The second kappa shape index (κ2) is 6.10. The number of thiocarbonyl (C=S) groups is 1. The topological polar surface area (TPSA) is 59.0 Å². The number of amides is 1. The highest BCUT2D eigenvalue weighted by molar-refractivity contribution is 7.80. The Kier molecular flexibility index (Phi) is 4.14. The largest absolute Gasteiger partial charge is 0.328 e. The van der Waals surface area contributed by atoms with E-state index in [0.29, 0.717) is 28.7 Å². The number of benzene rings is 1. The van der Waals surface area contributed by atoms with E-state index in [-0.39, 0.29) is 16.8 Å². The van der Waals surface area contributed by atoms with Crippen molar-refractivity contribution in [3.8, 4) is 0 Å². The summed E-state index contributed by atoms with van der Waals surface area (Å²) >= 11 is 11.3. The van der Waals surface area contributed by atoms with Crippen LogP contribution in [0.5, 0.6) is 0 Å². The number of aromatic nitrogens is 2. The third kappa shape index (κ3) is 3.25. The van der Waals surface area contributed by atoms with Crippen molar-refractivity contribution in [1.82, 2.24) is 20.4 Å². The van der Waals surface area contributed by atoms with E-state index in [1.807, 2.05) is 0 Å². The molecule has 0 spiro atoms. The van der Waals surface area contributed by atoms with E-state index in [4.69, 9.17) is 23.8 Å². The number of halogens is 2. The van der Waals surface area contributed by atoms with Crippen LogP contribution in [0.1, 0.15) is 16.8 Å². The Morgan fingerprint density at radius 3 is 2.65 bits per heavy atom. The molecular weight excluding hydrogens is 339 g/mol. The molecule has 0 radical (unpaired) electrons. The van der Waals surface area contributed by atoms with Crippen molar-refractivity contribution in [3.05, 3.63) is 57.8 Å². The third-order valence-corrected chi connectivity index (χ3v) is 3.97. The summed E-state index contributed by atoms with van der Waals surface area (Å²) in [6.45, 7) is 2.20. The number of carbonyl (C=O) groups excluding carboxylic acids is 1. The second-order valence-electron chi connectivity index (χ2n) is 5.04. The third-order valence-electron chi connectivity index (χ3n) is 3.36. The Balaban J connectivity index is 1.90. The zero-order valence-electron chi connectivity index (χ0n) is 12.1. The van der Waals surface area contributed by atoms with Gasteiger partial charge in [-0.15, -0.1) is 0 Å². The van der Waals surface area contributed by atoms with Crippen molar-refractivity contribution < 1.29 is 9.18 Å². The van der Waals surface area contributed by atoms with Crippen molar-refractivity contribution in [1.29, 1.82) is 0 Å². The van der Waals surface area contributed by atoms with Gasteiger partial charge in [-0.25, -0.2) is 9.07 Å². The van der Waals surface area contributed by atoms with Gasteiger partial charge < -0.3 is 5.32 Å². The molecule has 2 N–H and O–H groups in total. The van der Waals surface area contributed by atoms with E-state index in [1.165, 1.54) is 12.1 Å². The molecule has 1 aliphatic heterocycles. The van der Waals surface area contributed by atoms with E-state index in [9.17, 15) is 9.18 Å². The molecule has 23 heavy (non-hydrogen) atoms. The Labute approximate surface area is 142 Å². The summed E-state index contributed by atoms with van der Waals surface area (Å²) in [6, 6.07) is 6.11. The molecule has 2 heterocycles. The van der Waals surface area contributed by atoms with Crippen LogP contribution in [0, 0.1) is 12.7 Å². The quantitative estimate of drug-likeness (QED) is 0.659. The van der Waals surface area contributed by atoms with Gasteiger partial charge in [0.2, 0.25) is 0 Å². The van der Waals surface area contributed by atoms with Gasteiger partial charge in [0.25, 0.3) is 5.91 Å². The summed E-state index contributed by atoms with van der Waals surface area (Å²) in [5, 5.41) is 10.3. The molecule has 1 amide bonds. The van der Waals surface area contributed by atoms with Gasteiger partial charge in [0, 0.05) is 5.56 Å². The maximum atomic E-state index is 13.0. The first kappa shape index (κ1) is 15.6. The van der Waals surface area contributed by atoms with Gasteiger partial charge in [-0.2, -0.15) is 5.10 Å². The Morgan fingerprint density at radius 1 is 1.35 bits per heavy atom. The molecule has 0 aliphatic carbocycles. The maximum absolute atomic E-state index is 13.0. The van der Waals surface area contributed by atoms with Crippen LogP contribution in [-0.2, 0) is 11.3 Å². The minimum absolute atomic E-state index is 0.258. The molecule has 3 rings (SSSR count). The number of nitrogens with one attached hydrogen (secondary N) is 2. The number of nitrogens with zero attached hydrogens (tertiary/aromatic N) is 2. The molecule has 1 aromatic carbocycles. The molecule has 0 atom stereocenters. The van der Waals surface area contributed by atoms with Crippen molar-refractivity contribution in [2.24, 2.45) is 0 Å². The van der Waals surface area contributed by atoms with E-state index >= 15 is 0 Å².